The van der Waals surface area contributed by atoms with Crippen molar-refractivity contribution in [2.24, 2.45) is 0 Å². The Morgan fingerprint density at radius 3 is 2.80 bits per heavy atom. The summed E-state index contributed by atoms with van der Waals surface area (Å²) in [6.45, 7) is 0.378. The first-order valence-electron chi connectivity index (χ1n) is 6.58. The first kappa shape index (κ1) is 13.1. The molecule has 0 saturated carbocycles. The van der Waals surface area contributed by atoms with Gasteiger partial charge in [-0.25, -0.2) is 4.39 Å². The molecule has 1 aliphatic rings. The lowest BCUT2D eigenvalue weighted by Crippen LogP contribution is -2.24. The minimum atomic E-state index is -0.278. The Morgan fingerprint density at radius 2 is 2.05 bits per heavy atom. The van der Waals surface area contributed by atoms with Crippen molar-refractivity contribution >= 4 is 22.2 Å². The quantitative estimate of drug-likeness (QED) is 0.913. The molecule has 104 valence electrons. The van der Waals surface area contributed by atoms with E-state index in [1.807, 2.05) is 0 Å². The van der Waals surface area contributed by atoms with Crippen molar-refractivity contribution < 1.29 is 9.18 Å². The SMILES string of the molecule is Nc1sc2c(c1C(=O)NCc1ccc(F)cc1)CCC2. The molecule has 0 spiro atoms. The van der Waals surface area contributed by atoms with E-state index in [0.717, 1.165) is 30.4 Å². The maximum atomic E-state index is 12.8. The van der Waals surface area contributed by atoms with E-state index in [1.54, 1.807) is 12.1 Å². The highest BCUT2D eigenvalue weighted by molar-refractivity contribution is 7.16. The molecule has 1 aliphatic carbocycles. The monoisotopic (exact) mass is 290 g/mol. The van der Waals surface area contributed by atoms with E-state index in [-0.39, 0.29) is 11.7 Å². The van der Waals surface area contributed by atoms with Gasteiger partial charge < -0.3 is 11.1 Å². The van der Waals surface area contributed by atoms with Crippen LogP contribution in [0.3, 0.4) is 0 Å². The van der Waals surface area contributed by atoms with E-state index < -0.39 is 0 Å². The van der Waals surface area contributed by atoms with Gasteiger partial charge in [0.2, 0.25) is 0 Å². The van der Waals surface area contributed by atoms with Crippen molar-refractivity contribution in [1.29, 1.82) is 0 Å². The number of aryl methyl sites for hydroxylation is 1. The molecule has 0 unspecified atom stereocenters. The average Bonchev–Trinajstić information content (AvgIpc) is 2.97. The Hall–Kier alpha value is -1.88. The average molecular weight is 290 g/mol. The number of hydrogen-bond acceptors (Lipinski definition) is 3. The molecular weight excluding hydrogens is 275 g/mol. The summed E-state index contributed by atoms with van der Waals surface area (Å²) in [5.41, 5.74) is 8.57. The molecule has 3 N–H and O–H groups in total. The molecule has 1 aromatic carbocycles. The molecule has 3 nitrogen and oxygen atoms in total. The molecule has 0 atom stereocenters. The van der Waals surface area contributed by atoms with Crippen LogP contribution in [0.5, 0.6) is 0 Å². The molecule has 0 radical (unpaired) electrons. The number of thiophene rings is 1. The van der Waals surface area contributed by atoms with Gasteiger partial charge in [0.25, 0.3) is 5.91 Å². The number of amides is 1. The van der Waals surface area contributed by atoms with Gasteiger partial charge >= 0.3 is 0 Å². The van der Waals surface area contributed by atoms with Gasteiger partial charge in [0.15, 0.2) is 0 Å². The van der Waals surface area contributed by atoms with Crippen LogP contribution >= 0.6 is 11.3 Å². The molecule has 0 aliphatic heterocycles. The van der Waals surface area contributed by atoms with Crippen LogP contribution in [-0.4, -0.2) is 5.91 Å². The Bertz CT molecular complexity index is 649. The molecule has 1 amide bonds. The van der Waals surface area contributed by atoms with Crippen LogP contribution in [-0.2, 0) is 19.4 Å². The zero-order valence-corrected chi connectivity index (χ0v) is 11.7. The van der Waals surface area contributed by atoms with Gasteiger partial charge in [-0.3, -0.25) is 4.79 Å². The van der Waals surface area contributed by atoms with Gasteiger partial charge in [-0.1, -0.05) is 12.1 Å². The summed E-state index contributed by atoms with van der Waals surface area (Å²) in [6.07, 6.45) is 3.05. The van der Waals surface area contributed by atoms with Crippen molar-refractivity contribution in [1.82, 2.24) is 5.32 Å². The number of rotatable bonds is 3. The summed E-state index contributed by atoms with van der Waals surface area (Å²) in [6, 6.07) is 6.10. The van der Waals surface area contributed by atoms with Crippen molar-refractivity contribution in [2.75, 3.05) is 5.73 Å². The van der Waals surface area contributed by atoms with Gasteiger partial charge in [0, 0.05) is 11.4 Å². The van der Waals surface area contributed by atoms with Crippen LogP contribution in [0.4, 0.5) is 9.39 Å². The van der Waals surface area contributed by atoms with Crippen molar-refractivity contribution in [3.63, 3.8) is 0 Å². The van der Waals surface area contributed by atoms with E-state index >= 15 is 0 Å². The summed E-state index contributed by atoms with van der Waals surface area (Å²) in [5.74, 6) is -0.411. The Morgan fingerprint density at radius 1 is 1.30 bits per heavy atom. The third kappa shape index (κ3) is 2.41. The number of anilines is 1. The van der Waals surface area contributed by atoms with Gasteiger partial charge in [0.05, 0.1) is 10.6 Å². The van der Waals surface area contributed by atoms with Gasteiger partial charge in [-0.05, 0) is 42.5 Å². The fourth-order valence-corrected chi connectivity index (χ4v) is 3.70. The third-order valence-electron chi connectivity index (χ3n) is 3.54. The molecule has 1 heterocycles. The van der Waals surface area contributed by atoms with Gasteiger partial charge in [0.1, 0.15) is 5.82 Å². The van der Waals surface area contributed by atoms with Crippen molar-refractivity contribution in [3.8, 4) is 0 Å². The number of carbonyl (C=O) groups excluding carboxylic acids is 1. The van der Waals surface area contributed by atoms with E-state index in [9.17, 15) is 9.18 Å². The Kier molecular flexibility index (Phi) is 3.44. The largest absolute Gasteiger partial charge is 0.390 e. The Labute approximate surface area is 120 Å². The molecule has 1 aromatic heterocycles. The summed E-state index contributed by atoms with van der Waals surface area (Å²) < 4.78 is 12.8. The molecular formula is C15H15FN2OS. The second-order valence-corrected chi connectivity index (χ2v) is 6.04. The van der Waals surface area contributed by atoms with E-state index in [2.05, 4.69) is 5.32 Å². The van der Waals surface area contributed by atoms with Gasteiger partial charge in [-0.2, -0.15) is 0 Å². The van der Waals surface area contributed by atoms with Gasteiger partial charge in [-0.15, -0.1) is 11.3 Å². The minimum absolute atomic E-state index is 0.133. The number of nitrogen functional groups attached to an aromatic ring is 1. The molecule has 20 heavy (non-hydrogen) atoms. The lowest BCUT2D eigenvalue weighted by atomic mass is 10.1. The summed E-state index contributed by atoms with van der Waals surface area (Å²) in [7, 11) is 0. The zero-order valence-electron chi connectivity index (χ0n) is 10.9. The van der Waals surface area contributed by atoms with Crippen LogP contribution in [0.2, 0.25) is 0 Å². The van der Waals surface area contributed by atoms with E-state index in [1.165, 1.54) is 28.3 Å². The molecule has 0 bridgehead atoms. The first-order chi connectivity index (χ1) is 9.65. The third-order valence-corrected chi connectivity index (χ3v) is 4.66. The van der Waals surface area contributed by atoms with E-state index in [0.29, 0.717) is 17.1 Å². The van der Waals surface area contributed by atoms with E-state index in [4.69, 9.17) is 5.73 Å². The molecule has 5 heteroatoms. The number of benzene rings is 1. The number of hydrogen-bond donors (Lipinski definition) is 2. The standard InChI is InChI=1S/C15H15FN2OS/c16-10-6-4-9(5-7-10)8-18-15(19)13-11-2-1-3-12(11)20-14(13)17/h4-7H,1-3,8,17H2,(H,18,19). The fourth-order valence-electron chi connectivity index (χ4n) is 2.55. The van der Waals surface area contributed by atoms with Crippen LogP contribution in [0, 0.1) is 5.82 Å². The maximum absolute atomic E-state index is 12.8. The predicted molar refractivity (Wildman–Crippen MR) is 78.3 cm³/mol. The maximum Gasteiger partial charge on any atom is 0.254 e. The highest BCUT2D eigenvalue weighted by Crippen LogP contribution is 2.37. The summed E-state index contributed by atoms with van der Waals surface area (Å²) in [5, 5.41) is 3.46. The molecule has 0 fully saturated rings. The van der Waals surface area contributed by atoms with Crippen molar-refractivity contribution in [2.45, 2.75) is 25.8 Å². The summed E-state index contributed by atoms with van der Waals surface area (Å²) >= 11 is 1.52. The van der Waals surface area contributed by atoms with Crippen LogP contribution < -0.4 is 11.1 Å². The van der Waals surface area contributed by atoms with Crippen LogP contribution in [0.25, 0.3) is 0 Å². The second kappa shape index (κ2) is 5.25. The molecule has 3 rings (SSSR count). The first-order valence-corrected chi connectivity index (χ1v) is 7.39. The summed E-state index contributed by atoms with van der Waals surface area (Å²) in [4.78, 5) is 13.5. The smallest absolute Gasteiger partial charge is 0.254 e. The highest BCUT2D eigenvalue weighted by atomic mass is 32.1. The topological polar surface area (TPSA) is 55.1 Å². The number of nitrogens with two attached hydrogens (primary N) is 1. The van der Waals surface area contributed by atoms with Crippen LogP contribution in [0.15, 0.2) is 24.3 Å². The molecule has 2 aromatic rings. The molecule has 0 saturated heterocycles. The number of fused-ring (bicyclic) bond motifs is 1. The number of nitrogens with one attached hydrogen (secondary N) is 1. The predicted octanol–water partition coefficient (Wildman–Crippen LogP) is 2.89. The van der Waals surface area contributed by atoms with Crippen LogP contribution in [0.1, 0.15) is 32.8 Å². The fraction of sp³-hybridized carbons (Fsp3) is 0.267. The highest BCUT2D eigenvalue weighted by Gasteiger charge is 2.24. The second-order valence-electron chi connectivity index (χ2n) is 4.91. The van der Waals surface area contributed by atoms with Crippen molar-refractivity contribution in [3.05, 3.63) is 51.7 Å². The normalized spacial score (nSPS) is 13.2. The lowest BCUT2D eigenvalue weighted by Gasteiger charge is -2.07. The lowest BCUT2D eigenvalue weighted by molar-refractivity contribution is 0.0951. The zero-order chi connectivity index (χ0) is 14.1. The minimum Gasteiger partial charge on any atom is -0.390 e. The number of halogens is 1. The Balaban J connectivity index is 1.72. The number of carbonyl (C=O) groups is 1.